The van der Waals surface area contributed by atoms with Crippen LogP contribution in [0, 0.1) is 5.82 Å². The SMILES string of the molecule is O=C(O)C(F)(F)F.O=S(=O)(CCN(Cc1ccc(F)cc1)S(=O)(=O)c1ccc(Cl)cc1)N1CCNCC1. The summed E-state index contributed by atoms with van der Waals surface area (Å²) in [7, 11) is -7.61. The number of aliphatic carboxylic acids is 1. The Morgan fingerprint density at radius 1 is 1.00 bits per heavy atom. The molecular formula is C21H24ClF4N3O6S2. The first-order chi connectivity index (χ1) is 17.1. The number of piperazine rings is 1. The number of sulfonamides is 2. The molecule has 1 fully saturated rings. The van der Waals surface area contributed by atoms with Gasteiger partial charge in [-0.1, -0.05) is 23.7 Å². The zero-order valence-electron chi connectivity index (χ0n) is 19.2. The van der Waals surface area contributed by atoms with Crippen molar-refractivity contribution in [1.82, 2.24) is 13.9 Å². The van der Waals surface area contributed by atoms with E-state index in [0.717, 1.165) is 4.31 Å². The Morgan fingerprint density at radius 3 is 2.00 bits per heavy atom. The predicted octanol–water partition coefficient (Wildman–Crippen LogP) is 2.54. The fourth-order valence-corrected chi connectivity index (χ4v) is 6.22. The molecule has 0 spiro atoms. The average molecular weight is 590 g/mol. The summed E-state index contributed by atoms with van der Waals surface area (Å²) in [5, 5.41) is 10.6. The van der Waals surface area contributed by atoms with E-state index < -0.39 is 38.0 Å². The van der Waals surface area contributed by atoms with Crippen molar-refractivity contribution in [3.05, 3.63) is 64.9 Å². The van der Waals surface area contributed by atoms with E-state index in [4.69, 9.17) is 21.5 Å². The Balaban J connectivity index is 0.000000604. The van der Waals surface area contributed by atoms with Gasteiger partial charge in [-0.05, 0) is 42.0 Å². The zero-order valence-corrected chi connectivity index (χ0v) is 21.5. The first-order valence-electron chi connectivity index (χ1n) is 10.6. The van der Waals surface area contributed by atoms with Gasteiger partial charge in [0.15, 0.2) is 0 Å². The van der Waals surface area contributed by atoms with E-state index in [1.807, 2.05) is 0 Å². The fraction of sp³-hybridized carbons (Fsp3) is 0.381. The molecule has 0 saturated carbocycles. The van der Waals surface area contributed by atoms with Crippen LogP contribution in [0.5, 0.6) is 0 Å². The first kappa shape index (κ1) is 30.9. The van der Waals surface area contributed by atoms with Gasteiger partial charge < -0.3 is 10.4 Å². The largest absolute Gasteiger partial charge is 0.490 e. The molecule has 1 saturated heterocycles. The van der Waals surface area contributed by atoms with Crippen molar-refractivity contribution in [2.45, 2.75) is 17.6 Å². The van der Waals surface area contributed by atoms with Gasteiger partial charge >= 0.3 is 12.1 Å². The van der Waals surface area contributed by atoms with E-state index in [1.165, 1.54) is 52.8 Å². The molecule has 16 heteroatoms. The number of alkyl halides is 3. The molecule has 2 aromatic rings. The second-order valence-electron chi connectivity index (χ2n) is 7.69. The van der Waals surface area contributed by atoms with E-state index in [2.05, 4.69) is 5.32 Å². The molecule has 2 N–H and O–H groups in total. The summed E-state index contributed by atoms with van der Waals surface area (Å²) < 4.78 is 99.2. The smallest absolute Gasteiger partial charge is 0.475 e. The molecule has 1 aliphatic heterocycles. The lowest BCUT2D eigenvalue weighted by molar-refractivity contribution is -0.192. The minimum absolute atomic E-state index is 0.00795. The van der Waals surface area contributed by atoms with E-state index in [9.17, 15) is 34.4 Å². The van der Waals surface area contributed by atoms with Crippen LogP contribution in [0.4, 0.5) is 17.6 Å². The number of carbonyl (C=O) groups is 1. The van der Waals surface area contributed by atoms with Gasteiger partial charge in [0.05, 0.1) is 10.6 Å². The van der Waals surface area contributed by atoms with Crippen LogP contribution in [0.15, 0.2) is 53.4 Å². The quantitative estimate of drug-likeness (QED) is 0.454. The van der Waals surface area contributed by atoms with Crippen LogP contribution < -0.4 is 5.32 Å². The minimum atomic E-state index is -5.08. The summed E-state index contributed by atoms with van der Waals surface area (Å²) in [6.07, 6.45) is -5.08. The number of hydrogen-bond donors (Lipinski definition) is 2. The Hall–Kier alpha value is -2.30. The van der Waals surface area contributed by atoms with E-state index in [1.54, 1.807) is 0 Å². The molecule has 0 bridgehead atoms. The lowest BCUT2D eigenvalue weighted by Crippen LogP contribution is -2.48. The molecule has 0 aromatic heterocycles. The van der Waals surface area contributed by atoms with Crippen molar-refractivity contribution in [2.24, 2.45) is 0 Å². The molecule has 37 heavy (non-hydrogen) atoms. The van der Waals surface area contributed by atoms with Gasteiger partial charge in [-0.3, -0.25) is 0 Å². The second kappa shape index (κ2) is 13.0. The lowest BCUT2D eigenvalue weighted by atomic mass is 10.2. The molecule has 0 radical (unpaired) electrons. The van der Waals surface area contributed by atoms with Crippen molar-refractivity contribution in [2.75, 3.05) is 38.5 Å². The van der Waals surface area contributed by atoms with Gasteiger partial charge in [0, 0.05) is 44.3 Å². The van der Waals surface area contributed by atoms with Crippen LogP contribution in [-0.2, 0) is 31.4 Å². The third-order valence-electron chi connectivity index (χ3n) is 5.03. The van der Waals surface area contributed by atoms with Crippen LogP contribution in [0.2, 0.25) is 5.02 Å². The highest BCUT2D eigenvalue weighted by Gasteiger charge is 2.38. The summed E-state index contributed by atoms with van der Waals surface area (Å²) in [5.74, 6) is -3.54. The minimum Gasteiger partial charge on any atom is -0.475 e. The Morgan fingerprint density at radius 2 is 1.51 bits per heavy atom. The molecule has 0 unspecified atom stereocenters. The molecule has 9 nitrogen and oxygen atoms in total. The summed E-state index contributed by atoms with van der Waals surface area (Å²) in [6, 6.07) is 11.1. The van der Waals surface area contributed by atoms with Crippen LogP contribution in [0.3, 0.4) is 0 Å². The maximum Gasteiger partial charge on any atom is 0.490 e. The van der Waals surface area contributed by atoms with Gasteiger partial charge in [-0.15, -0.1) is 0 Å². The number of hydrogen-bond acceptors (Lipinski definition) is 6. The van der Waals surface area contributed by atoms with Crippen LogP contribution >= 0.6 is 11.6 Å². The first-order valence-corrected chi connectivity index (χ1v) is 14.0. The number of nitrogens with one attached hydrogen (secondary N) is 1. The van der Waals surface area contributed by atoms with Crippen molar-refractivity contribution in [3.63, 3.8) is 0 Å². The fourth-order valence-electron chi connectivity index (χ4n) is 3.10. The Kier molecular flexibility index (Phi) is 10.8. The monoisotopic (exact) mass is 589 g/mol. The number of benzene rings is 2. The van der Waals surface area contributed by atoms with Crippen LogP contribution in [-0.4, -0.2) is 81.2 Å². The van der Waals surface area contributed by atoms with Crippen molar-refractivity contribution >= 4 is 37.6 Å². The predicted molar refractivity (Wildman–Crippen MR) is 127 cm³/mol. The maximum absolute atomic E-state index is 13.2. The van der Waals surface area contributed by atoms with Crippen molar-refractivity contribution in [3.8, 4) is 0 Å². The topological polar surface area (TPSA) is 124 Å². The third kappa shape index (κ3) is 9.50. The standard InChI is InChI=1S/C19H23ClFN3O4S2.C2HF3O2/c20-17-3-7-19(8-4-17)30(27,28)24(15-16-1-5-18(21)6-2-16)13-14-29(25,26)23-11-9-22-10-12-23;3-2(4,5)1(6)7/h1-8,22H,9-15H2;(H,6,7). The van der Waals surface area contributed by atoms with Crippen molar-refractivity contribution < 1.29 is 44.3 Å². The molecule has 0 amide bonds. The second-order valence-corrected chi connectivity index (χ2v) is 12.1. The van der Waals surface area contributed by atoms with Crippen LogP contribution in [0.25, 0.3) is 0 Å². The number of rotatable bonds is 8. The van der Waals surface area contributed by atoms with Gasteiger partial charge in [0.2, 0.25) is 20.0 Å². The highest BCUT2D eigenvalue weighted by Crippen LogP contribution is 2.21. The average Bonchev–Trinajstić information content (AvgIpc) is 2.83. The Bertz CT molecular complexity index is 1250. The normalized spacial score (nSPS) is 15.2. The van der Waals surface area contributed by atoms with Crippen molar-refractivity contribution in [1.29, 1.82) is 0 Å². The molecule has 1 aliphatic rings. The van der Waals surface area contributed by atoms with E-state index >= 15 is 0 Å². The molecule has 206 valence electrons. The summed E-state index contributed by atoms with van der Waals surface area (Å²) >= 11 is 5.86. The molecule has 0 atom stereocenters. The molecule has 1 heterocycles. The number of carboxylic acid groups (broad SMARTS) is 1. The highest BCUT2D eigenvalue weighted by molar-refractivity contribution is 7.90. The summed E-state index contributed by atoms with van der Waals surface area (Å²) in [6.45, 7) is 1.51. The molecule has 3 rings (SSSR count). The Labute approximate surface area is 216 Å². The third-order valence-corrected chi connectivity index (χ3v) is 9.00. The van der Waals surface area contributed by atoms with Gasteiger partial charge in [-0.25, -0.2) is 26.0 Å². The number of halogens is 5. The van der Waals surface area contributed by atoms with Gasteiger partial charge in [0.25, 0.3) is 0 Å². The molecule has 0 aliphatic carbocycles. The number of nitrogens with zero attached hydrogens (tertiary/aromatic N) is 2. The summed E-state index contributed by atoms with van der Waals surface area (Å²) in [5.41, 5.74) is 0.550. The highest BCUT2D eigenvalue weighted by atomic mass is 35.5. The number of carboxylic acids is 1. The van der Waals surface area contributed by atoms with Gasteiger partial charge in [0.1, 0.15) is 5.82 Å². The van der Waals surface area contributed by atoms with E-state index in [-0.39, 0.29) is 23.7 Å². The molecule has 2 aromatic carbocycles. The zero-order chi connectivity index (χ0) is 27.9. The van der Waals surface area contributed by atoms with E-state index in [0.29, 0.717) is 36.8 Å². The maximum atomic E-state index is 13.2. The molecular weight excluding hydrogens is 566 g/mol. The van der Waals surface area contributed by atoms with Crippen LogP contribution in [0.1, 0.15) is 5.56 Å². The van der Waals surface area contributed by atoms with Gasteiger partial charge in [-0.2, -0.15) is 21.8 Å². The lowest BCUT2D eigenvalue weighted by Gasteiger charge is -2.28. The summed E-state index contributed by atoms with van der Waals surface area (Å²) in [4.78, 5) is 8.90.